The number of nitrogens with two attached hydrogens (primary N) is 3. The molecule has 3 aliphatic rings. The van der Waals surface area contributed by atoms with Gasteiger partial charge >= 0.3 is 0 Å². The molecule has 13 heteroatoms. The summed E-state index contributed by atoms with van der Waals surface area (Å²) in [5, 5.41) is 61.4. The molecule has 0 aromatic carbocycles. The molecule has 0 spiro atoms. The van der Waals surface area contributed by atoms with E-state index in [4.69, 9.17) is 36.1 Å². The second-order valence-electron chi connectivity index (χ2n) is 8.96. The Balaban J connectivity index is 1.79. The normalized spacial score (nSPS) is 53.3. The van der Waals surface area contributed by atoms with Crippen LogP contribution in [0.1, 0.15) is 26.7 Å². The van der Waals surface area contributed by atoms with E-state index in [1.165, 1.54) is 6.92 Å². The van der Waals surface area contributed by atoms with Crippen LogP contribution in [0, 0.1) is 0 Å². The molecular formula is C19H37N3O10. The summed E-state index contributed by atoms with van der Waals surface area (Å²) in [4.78, 5) is 0. The maximum absolute atomic E-state index is 10.7. The lowest BCUT2D eigenvalue weighted by Crippen LogP contribution is -2.68. The molecular weight excluding hydrogens is 430 g/mol. The average molecular weight is 468 g/mol. The van der Waals surface area contributed by atoms with Crippen LogP contribution in [-0.4, -0.2) is 122 Å². The Kier molecular flexibility index (Phi) is 8.48. The molecule has 0 aromatic rings. The molecule has 13 nitrogen and oxygen atoms in total. The van der Waals surface area contributed by atoms with Crippen molar-refractivity contribution in [1.82, 2.24) is 0 Å². The number of aliphatic hydroxyl groups is 6. The molecule has 12 N–H and O–H groups in total. The van der Waals surface area contributed by atoms with Crippen molar-refractivity contribution in [3.63, 3.8) is 0 Å². The molecule has 0 radical (unpaired) electrons. The quantitative estimate of drug-likeness (QED) is 0.178. The van der Waals surface area contributed by atoms with Gasteiger partial charge in [-0.05, 0) is 19.8 Å². The Labute approximate surface area is 186 Å². The summed E-state index contributed by atoms with van der Waals surface area (Å²) < 4.78 is 22.9. The lowest BCUT2D eigenvalue weighted by molar-refractivity contribution is -0.315. The number of hydrogen-bond acceptors (Lipinski definition) is 13. The molecule has 0 bridgehead atoms. The summed E-state index contributed by atoms with van der Waals surface area (Å²) in [6, 6.07) is -2.72. The van der Waals surface area contributed by atoms with E-state index in [2.05, 4.69) is 0 Å². The predicted octanol–water partition coefficient (Wildman–Crippen LogP) is -4.81. The van der Waals surface area contributed by atoms with Gasteiger partial charge < -0.3 is 66.8 Å². The van der Waals surface area contributed by atoms with Crippen molar-refractivity contribution < 1.29 is 49.6 Å². The largest absolute Gasteiger partial charge is 0.391 e. The molecule has 8 unspecified atom stereocenters. The predicted molar refractivity (Wildman–Crippen MR) is 108 cm³/mol. The highest BCUT2D eigenvalue weighted by atomic mass is 16.7. The number of aliphatic hydroxyl groups excluding tert-OH is 6. The van der Waals surface area contributed by atoms with E-state index in [0.29, 0.717) is 6.42 Å². The van der Waals surface area contributed by atoms with Crippen LogP contribution >= 0.6 is 0 Å². The lowest BCUT2D eigenvalue weighted by Gasteiger charge is -2.47. The van der Waals surface area contributed by atoms with E-state index in [9.17, 15) is 30.6 Å². The molecule has 188 valence electrons. The van der Waals surface area contributed by atoms with Crippen molar-refractivity contribution in [2.24, 2.45) is 17.2 Å². The van der Waals surface area contributed by atoms with Crippen molar-refractivity contribution in [1.29, 1.82) is 0 Å². The van der Waals surface area contributed by atoms with Crippen LogP contribution < -0.4 is 17.2 Å². The van der Waals surface area contributed by atoms with E-state index in [1.807, 2.05) is 0 Å². The van der Waals surface area contributed by atoms with E-state index in [1.54, 1.807) is 6.92 Å². The minimum Gasteiger partial charge on any atom is -0.391 e. The zero-order valence-electron chi connectivity index (χ0n) is 18.1. The van der Waals surface area contributed by atoms with Gasteiger partial charge in [0.1, 0.15) is 42.7 Å². The van der Waals surface area contributed by atoms with Gasteiger partial charge in [-0.25, -0.2) is 0 Å². The van der Waals surface area contributed by atoms with E-state index in [-0.39, 0.29) is 6.42 Å². The molecule has 1 aliphatic carbocycles. The first-order valence-corrected chi connectivity index (χ1v) is 10.9. The van der Waals surface area contributed by atoms with Crippen molar-refractivity contribution in [3.05, 3.63) is 0 Å². The number of hydrogen-bond donors (Lipinski definition) is 9. The van der Waals surface area contributed by atoms with Gasteiger partial charge in [0.2, 0.25) is 0 Å². The van der Waals surface area contributed by atoms with Crippen molar-refractivity contribution in [2.75, 3.05) is 0 Å². The molecule has 1 saturated carbocycles. The third-order valence-electron chi connectivity index (χ3n) is 6.53. The van der Waals surface area contributed by atoms with Crippen LogP contribution in [0.25, 0.3) is 0 Å². The molecule has 2 heterocycles. The molecule has 32 heavy (non-hydrogen) atoms. The van der Waals surface area contributed by atoms with Gasteiger partial charge in [0, 0.05) is 12.1 Å². The minimum absolute atomic E-state index is 0.160. The Bertz CT molecular complexity index is 618. The van der Waals surface area contributed by atoms with Crippen molar-refractivity contribution >= 4 is 0 Å². The van der Waals surface area contributed by atoms with Gasteiger partial charge in [0.05, 0.1) is 24.4 Å². The van der Waals surface area contributed by atoms with Gasteiger partial charge in [-0.2, -0.15) is 0 Å². The fourth-order valence-electron chi connectivity index (χ4n) is 4.51. The summed E-state index contributed by atoms with van der Waals surface area (Å²) in [6.07, 6.45) is -13.9. The minimum atomic E-state index is -1.46. The van der Waals surface area contributed by atoms with Gasteiger partial charge in [0.25, 0.3) is 0 Å². The molecule has 0 aromatic heterocycles. The Morgan fingerprint density at radius 3 is 2.00 bits per heavy atom. The van der Waals surface area contributed by atoms with Gasteiger partial charge in [0.15, 0.2) is 12.6 Å². The molecule has 15 atom stereocenters. The highest BCUT2D eigenvalue weighted by Gasteiger charge is 2.52. The third kappa shape index (κ3) is 4.95. The van der Waals surface area contributed by atoms with Gasteiger partial charge in [-0.15, -0.1) is 0 Å². The Morgan fingerprint density at radius 1 is 0.812 bits per heavy atom. The van der Waals surface area contributed by atoms with Crippen LogP contribution in [-0.2, 0) is 18.9 Å². The second-order valence-corrected chi connectivity index (χ2v) is 8.96. The molecule has 3 rings (SSSR count). The topological polar surface area (TPSA) is 236 Å². The first-order chi connectivity index (χ1) is 15.0. The monoisotopic (exact) mass is 467 g/mol. The molecule has 3 fully saturated rings. The highest BCUT2D eigenvalue weighted by molar-refractivity contribution is 5.01. The summed E-state index contributed by atoms with van der Waals surface area (Å²) in [5.41, 5.74) is 18.2. The lowest BCUT2D eigenvalue weighted by atomic mass is 9.84. The zero-order valence-corrected chi connectivity index (χ0v) is 18.1. The fourth-order valence-corrected chi connectivity index (χ4v) is 4.51. The van der Waals surface area contributed by atoms with Crippen LogP contribution in [0.5, 0.6) is 0 Å². The molecule has 0 amide bonds. The third-order valence-corrected chi connectivity index (χ3v) is 6.53. The second kappa shape index (κ2) is 10.4. The van der Waals surface area contributed by atoms with Crippen LogP contribution in [0.2, 0.25) is 0 Å². The maximum Gasteiger partial charge on any atom is 0.187 e. The smallest absolute Gasteiger partial charge is 0.187 e. The van der Waals surface area contributed by atoms with Crippen LogP contribution in [0.4, 0.5) is 0 Å². The first kappa shape index (κ1) is 26.1. The van der Waals surface area contributed by atoms with Crippen molar-refractivity contribution in [3.8, 4) is 0 Å². The Morgan fingerprint density at radius 2 is 1.44 bits per heavy atom. The summed E-state index contributed by atoms with van der Waals surface area (Å²) in [7, 11) is 0. The fraction of sp³-hybridized carbons (Fsp3) is 1.00. The van der Waals surface area contributed by atoms with E-state index in [0.717, 1.165) is 0 Å². The number of ether oxygens (including phenoxy) is 4. The zero-order chi connectivity index (χ0) is 23.9. The summed E-state index contributed by atoms with van der Waals surface area (Å²) >= 11 is 0. The standard InChI is InChI=1S/C19H37N3O10/c1-3-8-11(25)14(28)19(29-8)32-17-10(24)6(20)4-7(21)16(17)31-18-9(22)12(26)13(27)15(30-18)5(2)23/h5-19,23-28H,3-4,20-22H2,1-2H3/t5-,6-,7?,8-,9?,10?,11?,12?,13-,14?,15?,16-,17?,18-,19+/m1/s1. The SMILES string of the molecule is CC[C@H]1O[C@@H](OC2C(O)[C@H](N)CC(N)[C@H]2O[C@H]2OC([C@@H](C)O)[C@H](O)C(O)C2N)C(O)C1O. The molecule has 2 aliphatic heterocycles. The van der Waals surface area contributed by atoms with Gasteiger partial charge in [-0.1, -0.05) is 6.92 Å². The molecule has 2 saturated heterocycles. The summed E-state index contributed by atoms with van der Waals surface area (Å²) in [5.74, 6) is 0. The van der Waals surface area contributed by atoms with E-state index < -0.39 is 91.7 Å². The van der Waals surface area contributed by atoms with E-state index >= 15 is 0 Å². The summed E-state index contributed by atoms with van der Waals surface area (Å²) in [6.45, 7) is 3.15. The van der Waals surface area contributed by atoms with Crippen LogP contribution in [0.3, 0.4) is 0 Å². The van der Waals surface area contributed by atoms with Crippen molar-refractivity contribution in [2.45, 2.75) is 118 Å². The van der Waals surface area contributed by atoms with Crippen LogP contribution in [0.15, 0.2) is 0 Å². The van der Waals surface area contributed by atoms with Gasteiger partial charge in [-0.3, -0.25) is 0 Å². The average Bonchev–Trinajstić information content (AvgIpc) is 3.01. The first-order valence-electron chi connectivity index (χ1n) is 10.9. The highest BCUT2D eigenvalue weighted by Crippen LogP contribution is 2.32. The number of rotatable bonds is 6. The maximum atomic E-state index is 10.7. The Hall–Kier alpha value is -0.520.